The van der Waals surface area contributed by atoms with E-state index < -0.39 is 0 Å². The third-order valence-corrected chi connectivity index (χ3v) is 5.88. The largest absolute Gasteiger partial charge is 0.570 e. The van der Waals surface area contributed by atoms with Gasteiger partial charge in [-0.1, -0.05) is 13.8 Å². The standard InChI is InChI=1S/C17H30N2O2Si/c1-6-16(4,20-13(3)12-18)22-17(5,7-2)21-15-10-8-14(19)9-11-15/h8-11,13H,6-7,12,18-19H2,1-5H3/q+1. The number of nitrogen functional groups attached to an aromatic ring is 1. The lowest BCUT2D eigenvalue weighted by atomic mass is 10.2. The van der Waals surface area contributed by atoms with Gasteiger partial charge in [-0.05, 0) is 38.1 Å². The van der Waals surface area contributed by atoms with Crippen LogP contribution >= 0.6 is 0 Å². The summed E-state index contributed by atoms with van der Waals surface area (Å²) >= 11 is 0. The molecule has 0 amide bonds. The van der Waals surface area contributed by atoms with Crippen LogP contribution in [0.3, 0.4) is 0 Å². The van der Waals surface area contributed by atoms with Crippen LogP contribution in [0.4, 0.5) is 5.69 Å². The van der Waals surface area contributed by atoms with Crippen LogP contribution in [-0.2, 0) is 4.74 Å². The Morgan fingerprint density at radius 2 is 1.64 bits per heavy atom. The van der Waals surface area contributed by atoms with Crippen LogP contribution in [0.25, 0.3) is 0 Å². The normalized spacial score (nSPS) is 18.1. The maximum atomic E-state index is 6.26. The lowest BCUT2D eigenvalue weighted by Crippen LogP contribution is -2.53. The van der Waals surface area contributed by atoms with Crippen LogP contribution in [0.5, 0.6) is 5.75 Å². The molecule has 5 heteroatoms. The molecule has 0 aliphatic rings. The molecule has 3 unspecified atom stereocenters. The Bertz CT molecular complexity index is 454. The van der Waals surface area contributed by atoms with Gasteiger partial charge in [-0.2, -0.15) is 0 Å². The number of benzene rings is 1. The molecule has 0 aliphatic heterocycles. The topological polar surface area (TPSA) is 70.5 Å². The summed E-state index contributed by atoms with van der Waals surface area (Å²) in [5.41, 5.74) is 12.2. The van der Waals surface area contributed by atoms with Crippen LogP contribution in [0.2, 0.25) is 0 Å². The van der Waals surface area contributed by atoms with Crippen molar-refractivity contribution in [1.29, 1.82) is 0 Å². The van der Waals surface area contributed by atoms with Gasteiger partial charge in [0.15, 0.2) is 0 Å². The van der Waals surface area contributed by atoms with Crippen LogP contribution < -0.4 is 16.2 Å². The van der Waals surface area contributed by atoms with E-state index in [0.717, 1.165) is 24.3 Å². The Hall–Kier alpha value is -1.04. The molecule has 22 heavy (non-hydrogen) atoms. The summed E-state index contributed by atoms with van der Waals surface area (Å²) in [5.74, 6) is 0.844. The predicted molar refractivity (Wildman–Crippen MR) is 94.2 cm³/mol. The Balaban J connectivity index is 2.84. The first-order valence-corrected chi connectivity index (χ1v) is 8.97. The minimum absolute atomic E-state index is 0.0510. The maximum Gasteiger partial charge on any atom is 0.570 e. The molecule has 0 saturated heterocycles. The molecule has 0 saturated carbocycles. The van der Waals surface area contributed by atoms with E-state index in [9.17, 15) is 0 Å². The molecule has 0 aromatic heterocycles. The number of hydrogen-bond acceptors (Lipinski definition) is 4. The Labute approximate surface area is 137 Å². The monoisotopic (exact) mass is 322 g/mol. The van der Waals surface area contributed by atoms with Gasteiger partial charge in [-0.25, -0.2) is 0 Å². The summed E-state index contributed by atoms with van der Waals surface area (Å²) < 4.78 is 12.4. The third-order valence-electron chi connectivity index (χ3n) is 3.89. The zero-order chi connectivity index (χ0) is 16.8. The van der Waals surface area contributed by atoms with Crippen molar-refractivity contribution >= 4 is 15.2 Å². The van der Waals surface area contributed by atoms with Crippen LogP contribution in [0.15, 0.2) is 24.3 Å². The number of ether oxygens (including phenoxy) is 2. The molecule has 4 nitrogen and oxygen atoms in total. The van der Waals surface area contributed by atoms with Crippen molar-refractivity contribution in [1.82, 2.24) is 0 Å². The van der Waals surface area contributed by atoms with Crippen molar-refractivity contribution in [2.45, 2.75) is 64.0 Å². The van der Waals surface area contributed by atoms with Crippen molar-refractivity contribution in [3.8, 4) is 5.75 Å². The molecule has 3 atom stereocenters. The first kappa shape index (κ1) is 19.0. The highest BCUT2D eigenvalue weighted by atomic mass is 28.2. The highest BCUT2D eigenvalue weighted by Crippen LogP contribution is 2.27. The summed E-state index contributed by atoms with van der Waals surface area (Å²) in [6.45, 7) is 11.1. The molecule has 1 aromatic rings. The van der Waals surface area contributed by atoms with E-state index >= 15 is 0 Å². The molecule has 0 heterocycles. The van der Waals surface area contributed by atoms with Gasteiger partial charge in [0, 0.05) is 32.0 Å². The smallest absolute Gasteiger partial charge is 0.457 e. The van der Waals surface area contributed by atoms with Gasteiger partial charge in [-0.3, -0.25) is 0 Å². The van der Waals surface area contributed by atoms with Crippen molar-refractivity contribution in [3.63, 3.8) is 0 Å². The van der Waals surface area contributed by atoms with Gasteiger partial charge < -0.3 is 20.9 Å². The van der Waals surface area contributed by atoms with E-state index in [2.05, 4.69) is 27.7 Å². The SMILES string of the molecule is CCC(C)(Oc1ccc(N)cc1)[Si+]C(C)(CC)OC(C)CN. The first-order valence-electron chi connectivity index (χ1n) is 7.97. The second-order valence-electron chi connectivity index (χ2n) is 6.13. The van der Waals surface area contributed by atoms with Crippen molar-refractivity contribution in [3.05, 3.63) is 24.3 Å². The Morgan fingerprint density at radius 3 is 2.09 bits per heavy atom. The average molecular weight is 323 g/mol. The molecular weight excluding hydrogens is 292 g/mol. The minimum Gasteiger partial charge on any atom is -0.457 e. The van der Waals surface area contributed by atoms with Crippen LogP contribution in [0.1, 0.15) is 47.5 Å². The molecule has 0 spiro atoms. The third kappa shape index (κ3) is 5.63. The molecule has 1 aromatic carbocycles. The molecule has 0 aliphatic carbocycles. The first-order chi connectivity index (χ1) is 10.3. The van der Waals surface area contributed by atoms with E-state index in [1.807, 2.05) is 31.2 Å². The zero-order valence-electron chi connectivity index (χ0n) is 14.5. The number of nitrogens with two attached hydrogens (primary N) is 2. The summed E-state index contributed by atoms with van der Waals surface area (Å²) in [5, 5.41) is -0.494. The Kier molecular flexibility index (Phi) is 6.90. The second kappa shape index (κ2) is 7.99. The van der Waals surface area contributed by atoms with Crippen molar-refractivity contribution in [2.75, 3.05) is 12.3 Å². The quantitative estimate of drug-likeness (QED) is 0.541. The average Bonchev–Trinajstić information content (AvgIpc) is 2.49. The number of rotatable bonds is 9. The van der Waals surface area contributed by atoms with Gasteiger partial charge >= 0.3 is 9.52 Å². The van der Waals surface area contributed by atoms with E-state index in [1.54, 1.807) is 0 Å². The van der Waals surface area contributed by atoms with E-state index in [-0.39, 0.29) is 16.6 Å². The van der Waals surface area contributed by atoms with E-state index in [0.29, 0.717) is 16.1 Å². The van der Waals surface area contributed by atoms with Crippen LogP contribution in [-0.4, -0.2) is 32.6 Å². The molecule has 1 rings (SSSR count). The van der Waals surface area contributed by atoms with Gasteiger partial charge in [0.2, 0.25) is 10.4 Å². The fraction of sp³-hybridized carbons (Fsp3) is 0.647. The fourth-order valence-corrected chi connectivity index (χ4v) is 4.14. The highest BCUT2D eigenvalue weighted by molar-refractivity contribution is 6.43. The Morgan fingerprint density at radius 1 is 1.09 bits per heavy atom. The second-order valence-corrected chi connectivity index (χ2v) is 8.49. The molecule has 1 radical (unpaired) electrons. The minimum atomic E-state index is -0.269. The van der Waals surface area contributed by atoms with Gasteiger partial charge in [0.05, 0.1) is 6.10 Å². The van der Waals surface area contributed by atoms with Crippen molar-refractivity contribution in [2.24, 2.45) is 5.73 Å². The summed E-state index contributed by atoms with van der Waals surface area (Å²) in [4.78, 5) is 0. The fourth-order valence-electron chi connectivity index (χ4n) is 2.23. The summed E-state index contributed by atoms with van der Waals surface area (Å²) in [6.07, 6.45) is 1.89. The summed E-state index contributed by atoms with van der Waals surface area (Å²) in [6, 6.07) is 7.56. The van der Waals surface area contributed by atoms with Crippen LogP contribution in [0, 0.1) is 0 Å². The molecule has 0 bridgehead atoms. The van der Waals surface area contributed by atoms with Crippen molar-refractivity contribution < 1.29 is 9.47 Å². The predicted octanol–water partition coefficient (Wildman–Crippen LogP) is 2.97. The van der Waals surface area contributed by atoms with E-state index in [1.165, 1.54) is 0 Å². The highest BCUT2D eigenvalue weighted by Gasteiger charge is 2.54. The maximum absolute atomic E-state index is 6.26. The number of anilines is 1. The lowest BCUT2D eigenvalue weighted by Gasteiger charge is -2.28. The molecule has 123 valence electrons. The molecule has 4 N–H and O–H groups in total. The number of hydrogen-bond donors (Lipinski definition) is 2. The van der Waals surface area contributed by atoms with Gasteiger partial charge in [0.25, 0.3) is 0 Å². The molecular formula is C17H30N2O2Si+. The van der Waals surface area contributed by atoms with E-state index in [4.69, 9.17) is 20.9 Å². The molecule has 0 fully saturated rings. The van der Waals surface area contributed by atoms with Gasteiger partial charge in [-0.15, -0.1) is 0 Å². The lowest BCUT2D eigenvalue weighted by molar-refractivity contribution is -0.0267. The summed E-state index contributed by atoms with van der Waals surface area (Å²) in [7, 11) is 0.508. The zero-order valence-corrected chi connectivity index (χ0v) is 15.5. The van der Waals surface area contributed by atoms with Gasteiger partial charge in [0.1, 0.15) is 5.75 Å².